The second-order valence-corrected chi connectivity index (χ2v) is 6.65. The fourth-order valence-corrected chi connectivity index (χ4v) is 3.38. The van der Waals surface area contributed by atoms with Crippen LogP contribution in [0.4, 0.5) is 0 Å². The van der Waals surface area contributed by atoms with Crippen LogP contribution in [0.3, 0.4) is 0 Å². The highest BCUT2D eigenvalue weighted by molar-refractivity contribution is 7.90. The van der Waals surface area contributed by atoms with Crippen LogP contribution >= 0.6 is 0 Å². The van der Waals surface area contributed by atoms with Crippen LogP contribution in [-0.4, -0.2) is 44.2 Å². The number of hydrogen-bond donors (Lipinski definition) is 1. The van der Waals surface area contributed by atoms with E-state index in [9.17, 15) is 8.42 Å². The molecule has 1 N–H and O–H groups in total. The average Bonchev–Trinajstić information content (AvgIpc) is 2.35. The number of nitriles is 1. The van der Waals surface area contributed by atoms with Crippen molar-refractivity contribution in [2.45, 2.75) is 58.2 Å². The first kappa shape index (κ1) is 18.4. The molecule has 0 spiro atoms. The zero-order valence-electron chi connectivity index (χ0n) is 12.5. The monoisotopic (exact) mass is 289 g/mol. The molecule has 2 unspecified atom stereocenters. The van der Waals surface area contributed by atoms with Crippen LogP contribution in [0.5, 0.6) is 0 Å². The van der Waals surface area contributed by atoms with Crippen molar-refractivity contribution >= 4 is 10.0 Å². The maximum Gasteiger partial charge on any atom is 0.228 e. The van der Waals surface area contributed by atoms with Crippen molar-refractivity contribution in [3.05, 3.63) is 0 Å². The van der Waals surface area contributed by atoms with Gasteiger partial charge >= 0.3 is 0 Å². The largest absolute Gasteiger partial charge is 0.304 e. The Hall–Kier alpha value is -0.640. The predicted octanol–water partition coefficient (Wildman–Crippen LogP) is 1.72. The minimum atomic E-state index is -3.51. The molecule has 2 atom stereocenters. The van der Waals surface area contributed by atoms with E-state index >= 15 is 0 Å². The van der Waals surface area contributed by atoms with Crippen molar-refractivity contribution in [1.82, 2.24) is 9.62 Å². The molecular formula is C13H27N3O2S. The summed E-state index contributed by atoms with van der Waals surface area (Å²) in [5, 5.41) is 7.86. The van der Waals surface area contributed by atoms with E-state index in [1.54, 1.807) is 6.92 Å². The second-order valence-electron chi connectivity index (χ2n) is 4.76. The summed E-state index contributed by atoms with van der Waals surface area (Å²) in [6.45, 7) is 10.8. The third kappa shape index (κ3) is 6.90. The smallest absolute Gasteiger partial charge is 0.228 e. The number of hydrogen-bond acceptors (Lipinski definition) is 4. The Morgan fingerprint density at radius 2 is 1.84 bits per heavy atom. The third-order valence-corrected chi connectivity index (χ3v) is 5.18. The molecular weight excluding hydrogens is 262 g/mol. The molecule has 0 radical (unpaired) electrons. The Bertz CT molecular complexity index is 372. The number of rotatable bonds is 10. The normalized spacial score (nSPS) is 15.2. The summed E-state index contributed by atoms with van der Waals surface area (Å²) in [4.78, 5) is 2.31. The summed E-state index contributed by atoms with van der Waals surface area (Å²) < 4.78 is 26.3. The molecule has 0 heterocycles. The molecule has 0 fully saturated rings. The quantitative estimate of drug-likeness (QED) is 0.664. The lowest BCUT2D eigenvalue weighted by molar-refractivity contribution is 0.293. The summed E-state index contributed by atoms with van der Waals surface area (Å²) in [6, 6.07) is 1.71. The highest BCUT2D eigenvalue weighted by Gasteiger charge is 2.24. The standard InChI is InChI=1S/C13H27N3O2S/c1-5-13(11-14)19(17,18)15-12(4)9-8-10-16(6-2)7-3/h12-13,15H,5-10H2,1-4H3. The Morgan fingerprint density at radius 1 is 1.26 bits per heavy atom. The lowest BCUT2D eigenvalue weighted by atomic mass is 10.2. The van der Waals surface area contributed by atoms with Crippen LogP contribution in [0.15, 0.2) is 0 Å². The molecule has 19 heavy (non-hydrogen) atoms. The van der Waals surface area contributed by atoms with Crippen molar-refractivity contribution in [3.63, 3.8) is 0 Å². The average molecular weight is 289 g/mol. The van der Waals surface area contributed by atoms with Gasteiger partial charge in [0.1, 0.15) is 0 Å². The van der Waals surface area contributed by atoms with Gasteiger partial charge in [0.05, 0.1) is 6.07 Å². The Kier molecular flexibility index (Phi) is 8.98. The van der Waals surface area contributed by atoms with Gasteiger partial charge in [-0.05, 0) is 45.8 Å². The molecule has 0 aliphatic carbocycles. The van der Waals surface area contributed by atoms with Gasteiger partial charge in [0.2, 0.25) is 10.0 Å². The van der Waals surface area contributed by atoms with Crippen LogP contribution in [-0.2, 0) is 10.0 Å². The van der Waals surface area contributed by atoms with E-state index in [0.717, 1.165) is 32.5 Å². The second kappa shape index (κ2) is 9.29. The first-order valence-electron chi connectivity index (χ1n) is 7.04. The Balaban J connectivity index is 4.18. The molecule has 0 aliphatic rings. The van der Waals surface area contributed by atoms with Gasteiger partial charge in [-0.2, -0.15) is 5.26 Å². The van der Waals surface area contributed by atoms with Gasteiger partial charge in [-0.1, -0.05) is 20.8 Å². The van der Waals surface area contributed by atoms with E-state index in [0.29, 0.717) is 6.42 Å². The lowest BCUT2D eigenvalue weighted by Crippen LogP contribution is -2.39. The number of nitrogens with one attached hydrogen (secondary N) is 1. The van der Waals surface area contributed by atoms with Gasteiger partial charge < -0.3 is 4.90 Å². The highest BCUT2D eigenvalue weighted by Crippen LogP contribution is 2.07. The topological polar surface area (TPSA) is 73.2 Å². The van der Waals surface area contributed by atoms with Crippen LogP contribution in [0, 0.1) is 11.3 Å². The predicted molar refractivity (Wildman–Crippen MR) is 78.2 cm³/mol. The summed E-state index contributed by atoms with van der Waals surface area (Å²) in [5.41, 5.74) is 0. The number of nitrogens with zero attached hydrogens (tertiary/aromatic N) is 2. The summed E-state index contributed by atoms with van der Waals surface area (Å²) in [5.74, 6) is 0. The molecule has 0 amide bonds. The number of sulfonamides is 1. The van der Waals surface area contributed by atoms with Crippen LogP contribution < -0.4 is 4.72 Å². The molecule has 0 aromatic heterocycles. The fourth-order valence-electron chi connectivity index (χ4n) is 1.96. The molecule has 0 aromatic carbocycles. The Morgan fingerprint density at radius 3 is 2.26 bits per heavy atom. The van der Waals surface area contributed by atoms with Crippen molar-refractivity contribution in [3.8, 4) is 6.07 Å². The van der Waals surface area contributed by atoms with E-state index < -0.39 is 15.3 Å². The van der Waals surface area contributed by atoms with Gasteiger partial charge in [0.25, 0.3) is 0 Å². The first-order valence-corrected chi connectivity index (χ1v) is 8.58. The van der Waals surface area contributed by atoms with Gasteiger partial charge in [0, 0.05) is 6.04 Å². The van der Waals surface area contributed by atoms with Gasteiger partial charge in [-0.25, -0.2) is 13.1 Å². The van der Waals surface area contributed by atoms with E-state index in [4.69, 9.17) is 5.26 Å². The molecule has 6 heteroatoms. The zero-order valence-corrected chi connectivity index (χ0v) is 13.3. The minimum absolute atomic E-state index is 0.122. The zero-order chi connectivity index (χ0) is 14.9. The van der Waals surface area contributed by atoms with Crippen LogP contribution in [0.2, 0.25) is 0 Å². The van der Waals surface area contributed by atoms with Crippen molar-refractivity contribution in [1.29, 1.82) is 5.26 Å². The highest BCUT2D eigenvalue weighted by atomic mass is 32.2. The van der Waals surface area contributed by atoms with E-state index in [1.807, 2.05) is 13.0 Å². The van der Waals surface area contributed by atoms with Crippen molar-refractivity contribution in [2.75, 3.05) is 19.6 Å². The fraction of sp³-hybridized carbons (Fsp3) is 0.923. The molecule has 0 rings (SSSR count). The molecule has 112 valence electrons. The first-order chi connectivity index (χ1) is 8.91. The summed E-state index contributed by atoms with van der Waals surface area (Å²) in [6.07, 6.45) is 2.06. The van der Waals surface area contributed by atoms with Gasteiger partial charge in [-0.3, -0.25) is 0 Å². The summed E-state index contributed by atoms with van der Waals surface area (Å²) >= 11 is 0. The molecule has 0 aliphatic heterocycles. The van der Waals surface area contributed by atoms with Crippen LogP contribution in [0.1, 0.15) is 47.0 Å². The maximum absolute atomic E-state index is 11.9. The molecule has 0 saturated carbocycles. The van der Waals surface area contributed by atoms with E-state index in [1.165, 1.54) is 0 Å². The van der Waals surface area contributed by atoms with E-state index in [2.05, 4.69) is 23.5 Å². The molecule has 5 nitrogen and oxygen atoms in total. The lowest BCUT2D eigenvalue weighted by Gasteiger charge is -2.20. The maximum atomic E-state index is 11.9. The molecule has 0 aromatic rings. The van der Waals surface area contributed by atoms with Gasteiger partial charge in [-0.15, -0.1) is 0 Å². The van der Waals surface area contributed by atoms with Gasteiger partial charge in [0.15, 0.2) is 5.25 Å². The van der Waals surface area contributed by atoms with Crippen molar-refractivity contribution in [2.24, 2.45) is 0 Å². The molecule has 0 bridgehead atoms. The van der Waals surface area contributed by atoms with E-state index in [-0.39, 0.29) is 6.04 Å². The Labute approximate surface area is 118 Å². The minimum Gasteiger partial charge on any atom is -0.304 e. The van der Waals surface area contributed by atoms with Crippen LogP contribution in [0.25, 0.3) is 0 Å². The molecule has 0 saturated heterocycles. The van der Waals surface area contributed by atoms with Crippen molar-refractivity contribution < 1.29 is 8.42 Å². The third-order valence-electron chi connectivity index (χ3n) is 3.26. The SMILES string of the molecule is CCC(C#N)S(=O)(=O)NC(C)CCCN(CC)CC. The summed E-state index contributed by atoms with van der Waals surface area (Å²) in [7, 11) is -3.51.